The van der Waals surface area contributed by atoms with Gasteiger partial charge in [-0.2, -0.15) is 5.10 Å². The van der Waals surface area contributed by atoms with Crippen LogP contribution in [0.5, 0.6) is 5.75 Å². The van der Waals surface area contributed by atoms with Gasteiger partial charge in [0.1, 0.15) is 30.7 Å². The summed E-state index contributed by atoms with van der Waals surface area (Å²) in [5.74, 6) is 1.32. The number of rotatable bonds is 6. The lowest BCUT2D eigenvalue weighted by molar-refractivity contribution is -0.138. The van der Waals surface area contributed by atoms with E-state index in [1.807, 2.05) is 56.6 Å². The number of ether oxygens (including phenoxy) is 3. The molecule has 216 valence electrons. The molecule has 1 aromatic rings. The second-order valence-electron chi connectivity index (χ2n) is 13.1. The number of anilines is 2. The van der Waals surface area contributed by atoms with Crippen molar-refractivity contribution in [2.45, 2.75) is 91.0 Å². The van der Waals surface area contributed by atoms with Crippen LogP contribution < -0.4 is 14.5 Å². The molecule has 3 aliphatic rings. The number of hydrazone groups is 1. The number of benzene rings is 1. The van der Waals surface area contributed by atoms with Gasteiger partial charge in [0.25, 0.3) is 5.91 Å². The summed E-state index contributed by atoms with van der Waals surface area (Å²) in [6.07, 6.45) is -0.282. The van der Waals surface area contributed by atoms with E-state index in [0.29, 0.717) is 25.5 Å². The number of amidine groups is 1. The first-order chi connectivity index (χ1) is 18.1. The second kappa shape index (κ2) is 11.0. The molecule has 0 bridgehead atoms. The Bertz CT molecular complexity index is 1110. The van der Waals surface area contributed by atoms with Gasteiger partial charge in [0, 0.05) is 45.5 Å². The summed E-state index contributed by atoms with van der Waals surface area (Å²) in [5.41, 5.74) is 1.30. The van der Waals surface area contributed by atoms with E-state index in [4.69, 9.17) is 14.2 Å². The van der Waals surface area contributed by atoms with Gasteiger partial charge in [-0.1, -0.05) is 19.6 Å². The van der Waals surface area contributed by atoms with Gasteiger partial charge in [-0.3, -0.25) is 4.79 Å². The maximum atomic E-state index is 13.3. The molecule has 3 heterocycles. The van der Waals surface area contributed by atoms with Crippen molar-refractivity contribution in [3.63, 3.8) is 0 Å². The van der Waals surface area contributed by atoms with Crippen molar-refractivity contribution < 1.29 is 23.8 Å². The van der Waals surface area contributed by atoms with Crippen LogP contribution in [0.15, 0.2) is 23.3 Å². The normalized spacial score (nSPS) is 23.7. The topological polar surface area (TPSA) is 87.2 Å². The van der Waals surface area contributed by atoms with Crippen LogP contribution in [0.4, 0.5) is 16.2 Å². The minimum absolute atomic E-state index is 0.0227. The average molecular weight is 560 g/mol. The zero-order chi connectivity index (χ0) is 28.7. The third-order valence-electron chi connectivity index (χ3n) is 7.23. The fraction of sp³-hybridized carbons (Fsp3) is 0.679. The number of piperazine rings is 1. The minimum Gasteiger partial charge on any atom is -0.483 e. The lowest BCUT2D eigenvalue weighted by Gasteiger charge is -2.46. The Hall–Kier alpha value is -2.79. The Morgan fingerprint density at radius 2 is 1.85 bits per heavy atom. The molecule has 0 radical (unpaired) electrons. The first kappa shape index (κ1) is 29.2. The fourth-order valence-electron chi connectivity index (χ4n) is 5.05. The second-order valence-corrected chi connectivity index (χ2v) is 18.7. The standard InChI is InChI=1S/C28H45N5O5Si/c1-19-16-31(27(35)38-28(4,5)6)20(2)15-30(19)22-10-11-24-23(14-22)33-21(3)26(34)32(29-25(33)17-37-24)18-36-12-13-39(7,8)9/h10-11,14,19-21H,12-13,15-18H2,1-9H3/t19-,20+,21?/m1/s1. The summed E-state index contributed by atoms with van der Waals surface area (Å²) >= 11 is 0. The lowest BCUT2D eigenvalue weighted by atomic mass is 10.1. The van der Waals surface area contributed by atoms with Crippen LogP contribution in [-0.4, -0.2) is 92.6 Å². The predicted molar refractivity (Wildman–Crippen MR) is 156 cm³/mol. The SMILES string of the molecule is CC1C(=O)N(COCC[Si](C)(C)C)N=C2COc3ccc(N4C[C@H](C)N(C(=O)OC(C)(C)C)C[C@H]4C)cc3N21. The molecule has 4 rings (SSSR count). The van der Waals surface area contributed by atoms with Crippen LogP contribution in [0.2, 0.25) is 25.7 Å². The molecule has 0 saturated carbocycles. The largest absolute Gasteiger partial charge is 0.483 e. The summed E-state index contributed by atoms with van der Waals surface area (Å²) in [4.78, 5) is 32.1. The molecule has 1 fully saturated rings. The quantitative estimate of drug-likeness (QED) is 0.373. The van der Waals surface area contributed by atoms with Crippen molar-refractivity contribution in [3.05, 3.63) is 18.2 Å². The summed E-state index contributed by atoms with van der Waals surface area (Å²) < 4.78 is 17.5. The lowest BCUT2D eigenvalue weighted by Crippen LogP contribution is -2.59. The number of carbonyl (C=O) groups excluding carboxylic acids is 2. The van der Waals surface area contributed by atoms with Crippen LogP contribution in [0, 0.1) is 0 Å². The van der Waals surface area contributed by atoms with Gasteiger partial charge < -0.3 is 28.9 Å². The molecule has 0 N–H and O–H groups in total. The molecule has 0 aromatic heterocycles. The molecular weight excluding hydrogens is 514 g/mol. The van der Waals surface area contributed by atoms with Gasteiger partial charge in [-0.25, -0.2) is 9.80 Å². The Labute approximate surface area is 233 Å². The summed E-state index contributed by atoms with van der Waals surface area (Å²) in [6.45, 7) is 20.9. The molecular formula is C28H45N5O5Si. The fourth-order valence-corrected chi connectivity index (χ4v) is 5.81. The molecule has 39 heavy (non-hydrogen) atoms. The highest BCUT2D eigenvalue weighted by Gasteiger charge is 2.40. The van der Waals surface area contributed by atoms with Crippen molar-refractivity contribution in [2.75, 3.05) is 42.8 Å². The summed E-state index contributed by atoms with van der Waals surface area (Å²) in [6, 6.07) is 6.73. The number of nitrogens with zero attached hydrogens (tertiary/aromatic N) is 5. The summed E-state index contributed by atoms with van der Waals surface area (Å²) in [7, 11) is -1.21. The van der Waals surface area contributed by atoms with Crippen molar-refractivity contribution in [2.24, 2.45) is 5.10 Å². The Morgan fingerprint density at radius 3 is 2.51 bits per heavy atom. The zero-order valence-electron chi connectivity index (χ0n) is 25.0. The van der Waals surface area contributed by atoms with E-state index in [2.05, 4.69) is 42.6 Å². The zero-order valence-corrected chi connectivity index (χ0v) is 26.0. The minimum atomic E-state index is -1.21. The van der Waals surface area contributed by atoms with Crippen LogP contribution in [0.1, 0.15) is 41.5 Å². The molecule has 1 saturated heterocycles. The third-order valence-corrected chi connectivity index (χ3v) is 8.93. The number of fused-ring (bicyclic) bond motifs is 3. The van der Waals surface area contributed by atoms with Crippen LogP contribution in [0.3, 0.4) is 0 Å². The van der Waals surface area contributed by atoms with E-state index in [1.165, 1.54) is 5.01 Å². The average Bonchev–Trinajstić information content (AvgIpc) is 2.83. The molecule has 1 unspecified atom stereocenters. The van der Waals surface area contributed by atoms with E-state index < -0.39 is 19.7 Å². The monoisotopic (exact) mass is 559 g/mol. The molecule has 11 heteroatoms. The number of hydrogen-bond acceptors (Lipinski definition) is 8. The van der Waals surface area contributed by atoms with Gasteiger partial charge in [-0.05, 0) is 65.8 Å². The number of amides is 2. The smallest absolute Gasteiger partial charge is 0.410 e. The Balaban J connectivity index is 1.50. The Kier molecular flexibility index (Phi) is 8.23. The third kappa shape index (κ3) is 6.68. The first-order valence-electron chi connectivity index (χ1n) is 13.9. The van der Waals surface area contributed by atoms with Gasteiger partial charge in [0.15, 0.2) is 5.84 Å². The number of hydrogen-bond donors (Lipinski definition) is 0. The molecule has 0 aliphatic carbocycles. The van der Waals surface area contributed by atoms with Gasteiger partial charge in [0.05, 0.1) is 5.69 Å². The van der Waals surface area contributed by atoms with Crippen molar-refractivity contribution in [1.82, 2.24) is 9.91 Å². The molecule has 2 amide bonds. The molecule has 10 nitrogen and oxygen atoms in total. The van der Waals surface area contributed by atoms with Gasteiger partial charge >= 0.3 is 6.09 Å². The van der Waals surface area contributed by atoms with E-state index in [0.717, 1.165) is 23.2 Å². The van der Waals surface area contributed by atoms with E-state index >= 15 is 0 Å². The molecule has 1 aromatic carbocycles. The van der Waals surface area contributed by atoms with E-state index in [9.17, 15) is 9.59 Å². The maximum Gasteiger partial charge on any atom is 0.410 e. The van der Waals surface area contributed by atoms with Gasteiger partial charge in [-0.15, -0.1) is 0 Å². The van der Waals surface area contributed by atoms with Crippen molar-refractivity contribution in [3.8, 4) is 5.75 Å². The first-order valence-corrected chi connectivity index (χ1v) is 17.6. The van der Waals surface area contributed by atoms with Crippen molar-refractivity contribution >= 4 is 37.3 Å². The van der Waals surface area contributed by atoms with Crippen LogP contribution in [0.25, 0.3) is 0 Å². The number of carbonyl (C=O) groups is 2. The highest BCUT2D eigenvalue weighted by atomic mass is 28.3. The molecule has 3 atom stereocenters. The van der Waals surface area contributed by atoms with Crippen LogP contribution in [-0.2, 0) is 14.3 Å². The maximum absolute atomic E-state index is 13.3. The Morgan fingerprint density at radius 1 is 1.13 bits per heavy atom. The van der Waals surface area contributed by atoms with Crippen LogP contribution >= 0.6 is 0 Å². The highest BCUT2D eigenvalue weighted by Crippen LogP contribution is 2.39. The van der Waals surface area contributed by atoms with E-state index in [1.54, 1.807) is 0 Å². The highest BCUT2D eigenvalue weighted by molar-refractivity contribution is 6.76. The molecule has 3 aliphatic heterocycles. The van der Waals surface area contributed by atoms with Crippen molar-refractivity contribution in [1.29, 1.82) is 0 Å². The predicted octanol–water partition coefficient (Wildman–Crippen LogP) is 4.58. The van der Waals surface area contributed by atoms with E-state index in [-0.39, 0.29) is 37.4 Å². The van der Waals surface area contributed by atoms with Gasteiger partial charge in [0.2, 0.25) is 0 Å². The summed E-state index contributed by atoms with van der Waals surface area (Å²) in [5, 5.41) is 6.04. The molecule has 0 spiro atoms.